The SMILES string of the molecule is CCNC(=NCC(=O)NCc1ccccc1)N1CCC(OCC2CCCCO2)CC1. The Labute approximate surface area is 180 Å². The molecule has 0 aromatic heterocycles. The van der Waals surface area contributed by atoms with Gasteiger partial charge in [0, 0.05) is 32.8 Å². The number of carbonyl (C=O) groups excluding carboxylic acids is 1. The lowest BCUT2D eigenvalue weighted by Gasteiger charge is -2.35. The summed E-state index contributed by atoms with van der Waals surface area (Å²) in [7, 11) is 0. The predicted octanol–water partition coefficient (Wildman–Crippen LogP) is 2.32. The van der Waals surface area contributed by atoms with E-state index in [4.69, 9.17) is 9.47 Å². The van der Waals surface area contributed by atoms with Gasteiger partial charge in [0.2, 0.25) is 5.91 Å². The second-order valence-corrected chi connectivity index (χ2v) is 7.94. The Morgan fingerprint density at radius 2 is 1.97 bits per heavy atom. The number of rotatable bonds is 8. The average Bonchev–Trinajstić information content (AvgIpc) is 2.81. The van der Waals surface area contributed by atoms with Gasteiger partial charge in [-0.15, -0.1) is 0 Å². The molecule has 1 amide bonds. The summed E-state index contributed by atoms with van der Waals surface area (Å²) in [6, 6.07) is 9.91. The van der Waals surface area contributed by atoms with E-state index in [1.165, 1.54) is 12.8 Å². The Balaban J connectivity index is 1.40. The van der Waals surface area contributed by atoms with Gasteiger partial charge in [0.05, 0.1) is 18.8 Å². The van der Waals surface area contributed by atoms with Gasteiger partial charge in [-0.05, 0) is 44.6 Å². The number of nitrogens with zero attached hydrogens (tertiary/aromatic N) is 2. The van der Waals surface area contributed by atoms with Crippen LogP contribution >= 0.6 is 0 Å². The molecule has 7 heteroatoms. The van der Waals surface area contributed by atoms with Crippen LogP contribution in [0.4, 0.5) is 0 Å². The van der Waals surface area contributed by atoms with E-state index < -0.39 is 0 Å². The maximum absolute atomic E-state index is 12.2. The van der Waals surface area contributed by atoms with Crippen molar-refractivity contribution in [1.82, 2.24) is 15.5 Å². The molecule has 0 saturated carbocycles. The molecule has 2 fully saturated rings. The first kappa shape index (κ1) is 22.6. The van der Waals surface area contributed by atoms with Crippen molar-refractivity contribution in [2.24, 2.45) is 4.99 Å². The van der Waals surface area contributed by atoms with E-state index in [1.807, 2.05) is 37.3 Å². The third-order valence-electron chi connectivity index (χ3n) is 5.57. The third-order valence-corrected chi connectivity index (χ3v) is 5.57. The summed E-state index contributed by atoms with van der Waals surface area (Å²) in [4.78, 5) is 19.0. The smallest absolute Gasteiger partial charge is 0.242 e. The second kappa shape index (κ2) is 12.5. The minimum absolute atomic E-state index is 0.0695. The minimum Gasteiger partial charge on any atom is -0.376 e. The summed E-state index contributed by atoms with van der Waals surface area (Å²) in [5, 5.41) is 6.25. The number of nitrogens with one attached hydrogen (secondary N) is 2. The Bertz CT molecular complexity index is 654. The van der Waals surface area contributed by atoms with Crippen molar-refractivity contribution in [1.29, 1.82) is 0 Å². The lowest BCUT2D eigenvalue weighted by molar-refractivity contribution is -0.119. The average molecular weight is 417 g/mol. The fraction of sp³-hybridized carbons (Fsp3) is 0.652. The van der Waals surface area contributed by atoms with Gasteiger partial charge in [-0.25, -0.2) is 4.99 Å². The van der Waals surface area contributed by atoms with Gasteiger partial charge in [0.15, 0.2) is 5.96 Å². The number of likely N-dealkylation sites (tertiary alicyclic amines) is 1. The summed E-state index contributed by atoms with van der Waals surface area (Å²) in [5.74, 6) is 0.737. The van der Waals surface area contributed by atoms with Crippen LogP contribution in [0.5, 0.6) is 0 Å². The summed E-state index contributed by atoms with van der Waals surface area (Å²) >= 11 is 0. The van der Waals surface area contributed by atoms with Crippen molar-refractivity contribution in [2.45, 2.75) is 57.8 Å². The van der Waals surface area contributed by atoms with Crippen molar-refractivity contribution in [3.63, 3.8) is 0 Å². The number of benzene rings is 1. The number of guanidine groups is 1. The van der Waals surface area contributed by atoms with Gasteiger partial charge < -0.3 is 25.0 Å². The first-order valence-corrected chi connectivity index (χ1v) is 11.3. The molecule has 0 bridgehead atoms. The Kier molecular flexibility index (Phi) is 9.44. The quantitative estimate of drug-likeness (QED) is 0.503. The van der Waals surface area contributed by atoms with Crippen molar-refractivity contribution >= 4 is 11.9 Å². The standard InChI is InChI=1S/C23H36N4O3/c1-2-24-23(26-17-22(28)25-16-19-8-4-3-5-9-19)27-13-11-20(12-14-27)30-18-21-10-6-7-15-29-21/h3-5,8-9,20-21H,2,6-7,10-18H2,1H3,(H,24,26)(H,25,28). The van der Waals surface area contributed by atoms with Gasteiger partial charge in [-0.2, -0.15) is 0 Å². The van der Waals surface area contributed by atoms with Crippen LogP contribution in [-0.2, 0) is 20.8 Å². The van der Waals surface area contributed by atoms with Gasteiger partial charge in [0.25, 0.3) is 0 Å². The van der Waals surface area contributed by atoms with Crippen molar-refractivity contribution in [2.75, 3.05) is 39.4 Å². The zero-order valence-electron chi connectivity index (χ0n) is 18.1. The van der Waals surface area contributed by atoms with E-state index in [9.17, 15) is 4.79 Å². The number of ether oxygens (including phenoxy) is 2. The van der Waals surface area contributed by atoms with Crippen LogP contribution in [0, 0.1) is 0 Å². The normalized spacial score (nSPS) is 20.8. The summed E-state index contributed by atoms with van der Waals surface area (Å²) in [5.41, 5.74) is 1.09. The molecule has 1 unspecified atom stereocenters. The summed E-state index contributed by atoms with van der Waals surface area (Å²) in [6.45, 7) is 6.82. The monoisotopic (exact) mass is 416 g/mol. The van der Waals surface area contributed by atoms with Gasteiger partial charge in [0.1, 0.15) is 6.54 Å². The highest BCUT2D eigenvalue weighted by atomic mass is 16.5. The maximum atomic E-state index is 12.2. The van der Waals surface area contributed by atoms with Gasteiger partial charge in [-0.1, -0.05) is 30.3 Å². The molecular weight excluding hydrogens is 380 g/mol. The Morgan fingerprint density at radius 3 is 2.67 bits per heavy atom. The van der Waals surface area contributed by atoms with Crippen LogP contribution in [0.3, 0.4) is 0 Å². The zero-order valence-corrected chi connectivity index (χ0v) is 18.1. The number of carbonyl (C=O) groups is 1. The summed E-state index contributed by atoms with van der Waals surface area (Å²) < 4.78 is 11.9. The molecule has 1 atom stereocenters. The predicted molar refractivity (Wildman–Crippen MR) is 118 cm³/mol. The first-order chi connectivity index (χ1) is 14.7. The minimum atomic E-state index is -0.0695. The molecule has 166 valence electrons. The number of amides is 1. The summed E-state index contributed by atoms with van der Waals surface area (Å²) in [6.07, 6.45) is 6.02. The molecule has 2 N–H and O–H groups in total. The highest BCUT2D eigenvalue weighted by Crippen LogP contribution is 2.18. The van der Waals surface area contributed by atoms with E-state index in [-0.39, 0.29) is 24.7 Å². The molecule has 2 heterocycles. The molecule has 1 aromatic carbocycles. The molecule has 0 radical (unpaired) electrons. The van der Waals surface area contributed by atoms with E-state index in [0.29, 0.717) is 13.2 Å². The first-order valence-electron chi connectivity index (χ1n) is 11.3. The Morgan fingerprint density at radius 1 is 1.17 bits per heavy atom. The number of hydrogen-bond acceptors (Lipinski definition) is 4. The third kappa shape index (κ3) is 7.61. The number of aliphatic imine (C=N–C) groups is 1. The van der Waals surface area contributed by atoms with Crippen molar-refractivity contribution in [3.05, 3.63) is 35.9 Å². The molecule has 1 aromatic rings. The molecular formula is C23H36N4O3. The lowest BCUT2D eigenvalue weighted by atomic mass is 10.1. The zero-order chi connectivity index (χ0) is 21.0. The van der Waals surface area contributed by atoms with Gasteiger partial charge in [-0.3, -0.25) is 4.79 Å². The molecule has 2 saturated heterocycles. The van der Waals surface area contributed by atoms with E-state index >= 15 is 0 Å². The largest absolute Gasteiger partial charge is 0.376 e. The van der Waals surface area contributed by atoms with Crippen LogP contribution in [0.25, 0.3) is 0 Å². The fourth-order valence-corrected chi connectivity index (χ4v) is 3.84. The van der Waals surface area contributed by atoms with E-state index in [1.54, 1.807) is 0 Å². The maximum Gasteiger partial charge on any atom is 0.242 e. The molecule has 2 aliphatic heterocycles. The molecule has 0 aliphatic carbocycles. The highest BCUT2D eigenvalue weighted by Gasteiger charge is 2.23. The van der Waals surface area contributed by atoms with E-state index in [2.05, 4.69) is 20.5 Å². The molecule has 3 rings (SSSR count). The molecule has 2 aliphatic rings. The lowest BCUT2D eigenvalue weighted by Crippen LogP contribution is -2.47. The van der Waals surface area contributed by atoms with Crippen LogP contribution in [-0.4, -0.2) is 68.4 Å². The second-order valence-electron chi connectivity index (χ2n) is 7.94. The Hall–Kier alpha value is -2.12. The molecule has 0 spiro atoms. The molecule has 30 heavy (non-hydrogen) atoms. The highest BCUT2D eigenvalue weighted by molar-refractivity contribution is 5.85. The van der Waals surface area contributed by atoms with Crippen LogP contribution in [0.1, 0.15) is 44.6 Å². The fourth-order valence-electron chi connectivity index (χ4n) is 3.84. The topological polar surface area (TPSA) is 75.2 Å². The van der Waals surface area contributed by atoms with E-state index in [0.717, 1.165) is 57.0 Å². The van der Waals surface area contributed by atoms with Crippen LogP contribution in [0.2, 0.25) is 0 Å². The number of hydrogen-bond donors (Lipinski definition) is 2. The van der Waals surface area contributed by atoms with Gasteiger partial charge >= 0.3 is 0 Å². The van der Waals surface area contributed by atoms with Crippen LogP contribution < -0.4 is 10.6 Å². The van der Waals surface area contributed by atoms with Crippen molar-refractivity contribution in [3.8, 4) is 0 Å². The van der Waals surface area contributed by atoms with Crippen LogP contribution in [0.15, 0.2) is 35.3 Å². The van der Waals surface area contributed by atoms with Crippen molar-refractivity contribution < 1.29 is 14.3 Å². The number of piperidine rings is 1. The molecule has 7 nitrogen and oxygen atoms in total.